The Kier molecular flexibility index (Phi) is 2.46. The molecule has 0 amide bonds. The van der Waals surface area contributed by atoms with Gasteiger partial charge in [0.25, 0.3) is 0 Å². The van der Waals surface area contributed by atoms with Crippen molar-refractivity contribution in [2.75, 3.05) is 11.5 Å². The van der Waals surface area contributed by atoms with E-state index in [0.29, 0.717) is 18.0 Å². The van der Waals surface area contributed by atoms with Crippen LogP contribution in [0.5, 0.6) is 0 Å². The second-order valence-corrected chi connectivity index (χ2v) is 6.42. The number of hydrogen-bond acceptors (Lipinski definition) is 4. The third-order valence-corrected chi connectivity index (χ3v) is 5.10. The first-order chi connectivity index (χ1) is 6.99. The van der Waals surface area contributed by atoms with Crippen molar-refractivity contribution in [3.8, 4) is 0 Å². The standard InChI is InChI=1S/C9H15N3O2S/c1-7-9(10)6-12(11-7)5-8-3-2-4-15(8,13)14/h6,8H,2-5,10H2,1H3. The lowest BCUT2D eigenvalue weighted by Crippen LogP contribution is -2.22. The minimum absolute atomic E-state index is 0.281. The van der Waals surface area contributed by atoms with Gasteiger partial charge in [-0.3, -0.25) is 4.68 Å². The molecule has 1 unspecified atom stereocenters. The van der Waals surface area contributed by atoms with E-state index in [1.807, 2.05) is 6.92 Å². The van der Waals surface area contributed by atoms with Gasteiger partial charge in [-0.15, -0.1) is 0 Å². The van der Waals surface area contributed by atoms with Crippen molar-refractivity contribution in [2.45, 2.75) is 31.6 Å². The molecule has 0 spiro atoms. The summed E-state index contributed by atoms with van der Waals surface area (Å²) in [4.78, 5) is 0. The Balaban J connectivity index is 2.16. The van der Waals surface area contributed by atoms with E-state index in [1.165, 1.54) is 0 Å². The van der Waals surface area contributed by atoms with Crippen LogP contribution in [-0.4, -0.2) is 29.2 Å². The molecule has 2 rings (SSSR count). The Morgan fingerprint density at radius 2 is 2.40 bits per heavy atom. The van der Waals surface area contributed by atoms with Gasteiger partial charge < -0.3 is 5.73 Å². The fourth-order valence-electron chi connectivity index (χ4n) is 1.90. The lowest BCUT2D eigenvalue weighted by Gasteiger charge is -2.08. The minimum Gasteiger partial charge on any atom is -0.396 e. The molecule has 1 aromatic heterocycles. The van der Waals surface area contributed by atoms with Crippen molar-refractivity contribution in [2.24, 2.45) is 0 Å². The topological polar surface area (TPSA) is 78.0 Å². The van der Waals surface area contributed by atoms with Crippen LogP contribution in [0.4, 0.5) is 5.69 Å². The second-order valence-electron chi connectivity index (χ2n) is 4.02. The molecular weight excluding hydrogens is 214 g/mol. The summed E-state index contributed by atoms with van der Waals surface area (Å²) in [5.74, 6) is 0.313. The van der Waals surface area contributed by atoms with Crippen molar-refractivity contribution >= 4 is 15.5 Å². The molecule has 0 bridgehead atoms. The van der Waals surface area contributed by atoms with Crippen LogP contribution < -0.4 is 5.73 Å². The van der Waals surface area contributed by atoms with Gasteiger partial charge in [0.15, 0.2) is 9.84 Å². The van der Waals surface area contributed by atoms with Gasteiger partial charge in [-0.25, -0.2) is 8.42 Å². The van der Waals surface area contributed by atoms with Crippen molar-refractivity contribution in [3.05, 3.63) is 11.9 Å². The molecule has 84 valence electrons. The van der Waals surface area contributed by atoms with Gasteiger partial charge in [0, 0.05) is 6.20 Å². The van der Waals surface area contributed by atoms with E-state index in [9.17, 15) is 8.42 Å². The highest BCUT2D eigenvalue weighted by Crippen LogP contribution is 2.21. The first-order valence-corrected chi connectivity index (χ1v) is 6.72. The van der Waals surface area contributed by atoms with Crippen LogP contribution in [0.2, 0.25) is 0 Å². The summed E-state index contributed by atoms with van der Waals surface area (Å²) in [6.45, 7) is 2.25. The summed E-state index contributed by atoms with van der Waals surface area (Å²) in [5.41, 5.74) is 7.02. The molecule has 15 heavy (non-hydrogen) atoms. The normalized spacial score (nSPS) is 24.5. The SMILES string of the molecule is Cc1nn(CC2CCCS2(=O)=O)cc1N. The number of nitrogens with two attached hydrogens (primary N) is 1. The van der Waals surface area contributed by atoms with E-state index in [4.69, 9.17) is 5.73 Å². The van der Waals surface area contributed by atoms with Crippen molar-refractivity contribution in [1.29, 1.82) is 0 Å². The third-order valence-electron chi connectivity index (χ3n) is 2.84. The first-order valence-electron chi connectivity index (χ1n) is 5.00. The smallest absolute Gasteiger partial charge is 0.154 e. The zero-order valence-electron chi connectivity index (χ0n) is 8.68. The molecule has 1 aromatic rings. The summed E-state index contributed by atoms with van der Waals surface area (Å²) in [6, 6.07) is 0. The largest absolute Gasteiger partial charge is 0.396 e. The summed E-state index contributed by atoms with van der Waals surface area (Å²) in [6.07, 6.45) is 3.20. The monoisotopic (exact) mass is 229 g/mol. The average Bonchev–Trinajstić information content (AvgIpc) is 2.59. The average molecular weight is 229 g/mol. The number of hydrogen-bond donors (Lipinski definition) is 1. The van der Waals surface area contributed by atoms with Crippen LogP contribution in [0.1, 0.15) is 18.5 Å². The lowest BCUT2D eigenvalue weighted by atomic mass is 10.2. The van der Waals surface area contributed by atoms with Crippen LogP contribution >= 0.6 is 0 Å². The van der Waals surface area contributed by atoms with E-state index in [2.05, 4.69) is 5.10 Å². The molecule has 0 radical (unpaired) electrons. The summed E-state index contributed by atoms with van der Waals surface area (Å²) >= 11 is 0. The van der Waals surface area contributed by atoms with Crippen LogP contribution in [0, 0.1) is 6.92 Å². The summed E-state index contributed by atoms with van der Waals surface area (Å²) < 4.78 is 24.8. The van der Waals surface area contributed by atoms with Crippen LogP contribution in [0.25, 0.3) is 0 Å². The number of aryl methyl sites for hydroxylation is 1. The molecule has 1 saturated heterocycles. The van der Waals surface area contributed by atoms with Gasteiger partial charge in [0.1, 0.15) is 0 Å². The van der Waals surface area contributed by atoms with E-state index in [0.717, 1.165) is 18.5 Å². The third kappa shape index (κ3) is 1.99. The van der Waals surface area contributed by atoms with Gasteiger partial charge in [-0.1, -0.05) is 0 Å². The summed E-state index contributed by atoms with van der Waals surface area (Å²) in [7, 11) is -2.89. The number of anilines is 1. The van der Waals surface area contributed by atoms with Crippen LogP contribution in [0.3, 0.4) is 0 Å². The quantitative estimate of drug-likeness (QED) is 0.793. The Morgan fingerprint density at radius 3 is 2.87 bits per heavy atom. The van der Waals surface area contributed by atoms with Crippen molar-refractivity contribution in [1.82, 2.24) is 9.78 Å². The fourth-order valence-corrected chi connectivity index (χ4v) is 3.71. The molecule has 2 heterocycles. The van der Waals surface area contributed by atoms with Gasteiger partial charge >= 0.3 is 0 Å². The molecule has 0 aromatic carbocycles. The zero-order valence-corrected chi connectivity index (χ0v) is 9.50. The highest BCUT2D eigenvalue weighted by molar-refractivity contribution is 7.92. The number of aromatic nitrogens is 2. The number of nitrogen functional groups attached to an aromatic ring is 1. The molecule has 0 aliphatic carbocycles. The maximum absolute atomic E-state index is 11.6. The van der Waals surface area contributed by atoms with Crippen LogP contribution in [-0.2, 0) is 16.4 Å². The van der Waals surface area contributed by atoms with Gasteiger partial charge in [-0.05, 0) is 19.8 Å². The molecule has 0 saturated carbocycles. The Labute approximate surface area is 89.2 Å². The molecule has 1 aliphatic heterocycles. The molecule has 6 heteroatoms. The van der Waals surface area contributed by atoms with Crippen LogP contribution in [0.15, 0.2) is 6.20 Å². The lowest BCUT2D eigenvalue weighted by molar-refractivity contribution is 0.540. The predicted molar refractivity (Wildman–Crippen MR) is 58.2 cm³/mol. The Hall–Kier alpha value is -1.04. The Morgan fingerprint density at radius 1 is 1.67 bits per heavy atom. The predicted octanol–water partition coefficient (Wildman–Crippen LogP) is 0.351. The van der Waals surface area contributed by atoms with E-state index in [-0.39, 0.29) is 5.25 Å². The maximum Gasteiger partial charge on any atom is 0.154 e. The summed E-state index contributed by atoms with van der Waals surface area (Å²) in [5, 5.41) is 3.89. The molecule has 2 N–H and O–H groups in total. The highest BCUT2D eigenvalue weighted by Gasteiger charge is 2.31. The molecule has 1 fully saturated rings. The van der Waals surface area contributed by atoms with Crippen molar-refractivity contribution < 1.29 is 8.42 Å². The van der Waals surface area contributed by atoms with E-state index in [1.54, 1.807) is 10.9 Å². The van der Waals surface area contributed by atoms with Gasteiger partial charge in [0.2, 0.25) is 0 Å². The van der Waals surface area contributed by atoms with E-state index >= 15 is 0 Å². The maximum atomic E-state index is 11.6. The van der Waals surface area contributed by atoms with E-state index < -0.39 is 9.84 Å². The second kappa shape index (κ2) is 3.52. The highest BCUT2D eigenvalue weighted by atomic mass is 32.2. The van der Waals surface area contributed by atoms with Gasteiger partial charge in [-0.2, -0.15) is 5.10 Å². The van der Waals surface area contributed by atoms with Crippen molar-refractivity contribution in [3.63, 3.8) is 0 Å². The molecule has 5 nitrogen and oxygen atoms in total. The number of sulfone groups is 1. The molecular formula is C9H15N3O2S. The van der Waals surface area contributed by atoms with Gasteiger partial charge in [0.05, 0.1) is 28.9 Å². The number of rotatable bonds is 2. The zero-order chi connectivity index (χ0) is 11.1. The fraction of sp³-hybridized carbons (Fsp3) is 0.667. The minimum atomic E-state index is -2.89. The molecule has 1 aliphatic rings. The first kappa shape index (κ1) is 10.5. The number of nitrogens with zero attached hydrogens (tertiary/aromatic N) is 2. The Bertz CT molecular complexity index is 444. The molecule has 1 atom stereocenters.